The van der Waals surface area contributed by atoms with Crippen LogP contribution in [0.2, 0.25) is 0 Å². The van der Waals surface area contributed by atoms with Gasteiger partial charge in [-0.1, -0.05) is 164 Å². The lowest BCUT2D eigenvalue weighted by Crippen LogP contribution is -2.10. The Labute approximate surface area is 345 Å². The van der Waals surface area contributed by atoms with E-state index in [1.54, 1.807) is 0 Å². The first-order valence-corrected chi connectivity index (χ1v) is 20.9. The van der Waals surface area contributed by atoms with Gasteiger partial charge >= 0.3 is 0 Å². The third-order valence-electron chi connectivity index (χ3n) is 11.9. The number of hydrogen-bond donors (Lipinski definition) is 0. The number of benzene rings is 10. The smallest absolute Gasteiger partial charge is 0.136 e. The van der Waals surface area contributed by atoms with E-state index in [1.165, 1.54) is 64.0 Å². The number of fused-ring (bicyclic) bond motifs is 9. The molecule has 3 heteroatoms. The van der Waals surface area contributed by atoms with Crippen LogP contribution in [0.15, 0.2) is 217 Å². The first-order valence-electron chi connectivity index (χ1n) is 20.1. The molecule has 0 aliphatic rings. The van der Waals surface area contributed by atoms with Crippen molar-refractivity contribution in [3.63, 3.8) is 0 Å². The van der Waals surface area contributed by atoms with Crippen LogP contribution in [0.1, 0.15) is 0 Å². The van der Waals surface area contributed by atoms with Crippen molar-refractivity contribution >= 4 is 92.1 Å². The van der Waals surface area contributed by atoms with Gasteiger partial charge in [-0.3, -0.25) is 0 Å². The molecule has 0 N–H and O–H groups in total. The van der Waals surface area contributed by atoms with E-state index >= 15 is 0 Å². The Morgan fingerprint density at radius 2 is 0.983 bits per heavy atom. The molecule has 0 saturated carbocycles. The van der Waals surface area contributed by atoms with Gasteiger partial charge in [-0.15, -0.1) is 11.3 Å². The predicted octanol–water partition coefficient (Wildman–Crippen LogP) is 16.7. The van der Waals surface area contributed by atoms with Crippen LogP contribution in [0.4, 0.5) is 17.1 Å². The molecule has 0 amide bonds. The first-order chi connectivity index (χ1) is 29.2. The quantitative estimate of drug-likeness (QED) is 0.157. The van der Waals surface area contributed by atoms with E-state index in [2.05, 4.69) is 205 Å². The van der Waals surface area contributed by atoms with Crippen LogP contribution in [0, 0.1) is 0 Å². The Bertz CT molecular complexity index is 3540. The third kappa shape index (κ3) is 5.55. The first kappa shape index (κ1) is 33.7. The van der Waals surface area contributed by atoms with Gasteiger partial charge in [-0.05, 0) is 103 Å². The Morgan fingerprint density at radius 1 is 0.356 bits per heavy atom. The van der Waals surface area contributed by atoms with Crippen LogP contribution >= 0.6 is 11.3 Å². The fourth-order valence-electron chi connectivity index (χ4n) is 9.07. The van der Waals surface area contributed by atoms with Crippen molar-refractivity contribution in [2.24, 2.45) is 0 Å². The highest BCUT2D eigenvalue weighted by atomic mass is 32.1. The molecule has 0 saturated heterocycles. The van der Waals surface area contributed by atoms with Crippen LogP contribution in [-0.4, -0.2) is 0 Å². The second-order valence-corrected chi connectivity index (χ2v) is 16.3. The number of hydrogen-bond acceptors (Lipinski definition) is 3. The Morgan fingerprint density at radius 3 is 1.85 bits per heavy atom. The summed E-state index contributed by atoms with van der Waals surface area (Å²) in [7, 11) is 0. The van der Waals surface area contributed by atoms with Gasteiger partial charge in [0.1, 0.15) is 11.2 Å². The number of para-hydroxylation sites is 1. The van der Waals surface area contributed by atoms with Gasteiger partial charge in [0.2, 0.25) is 0 Å². The van der Waals surface area contributed by atoms with Crippen molar-refractivity contribution < 1.29 is 4.42 Å². The van der Waals surface area contributed by atoms with E-state index in [0.29, 0.717) is 0 Å². The van der Waals surface area contributed by atoms with Crippen LogP contribution in [-0.2, 0) is 0 Å². The molecular formula is C56H35NOS. The van der Waals surface area contributed by atoms with E-state index in [0.717, 1.165) is 50.1 Å². The summed E-state index contributed by atoms with van der Waals surface area (Å²) in [5.74, 6) is 0. The van der Waals surface area contributed by atoms with Gasteiger partial charge < -0.3 is 9.32 Å². The zero-order valence-electron chi connectivity index (χ0n) is 32.0. The van der Waals surface area contributed by atoms with E-state index in [-0.39, 0.29) is 0 Å². The van der Waals surface area contributed by atoms with Crippen molar-refractivity contribution in [3.05, 3.63) is 212 Å². The second-order valence-electron chi connectivity index (χ2n) is 15.2. The number of furan rings is 1. The molecule has 0 radical (unpaired) electrons. The number of rotatable bonds is 6. The molecule has 2 heterocycles. The molecule has 0 unspecified atom stereocenters. The van der Waals surface area contributed by atoms with Crippen molar-refractivity contribution in [3.8, 4) is 33.4 Å². The van der Waals surface area contributed by atoms with Gasteiger partial charge in [0.25, 0.3) is 0 Å². The zero-order valence-corrected chi connectivity index (χ0v) is 32.8. The van der Waals surface area contributed by atoms with Gasteiger partial charge in [0.15, 0.2) is 0 Å². The summed E-state index contributed by atoms with van der Waals surface area (Å²) in [6.07, 6.45) is 0. The summed E-state index contributed by atoms with van der Waals surface area (Å²) in [6, 6.07) is 77.0. The summed E-state index contributed by atoms with van der Waals surface area (Å²) in [4.78, 5) is 2.45. The molecule has 0 atom stereocenters. The predicted molar refractivity (Wildman–Crippen MR) is 253 cm³/mol. The number of anilines is 3. The Balaban J connectivity index is 1.06. The minimum Gasteiger partial charge on any atom is -0.456 e. The van der Waals surface area contributed by atoms with Gasteiger partial charge in [0, 0.05) is 42.3 Å². The fourth-order valence-corrected chi connectivity index (χ4v) is 10.3. The topological polar surface area (TPSA) is 16.4 Å². The average molecular weight is 770 g/mol. The van der Waals surface area contributed by atoms with E-state index in [9.17, 15) is 0 Å². The largest absolute Gasteiger partial charge is 0.456 e. The molecule has 2 aromatic heterocycles. The molecule has 10 aromatic carbocycles. The second kappa shape index (κ2) is 13.6. The number of thiophene rings is 1. The van der Waals surface area contributed by atoms with Crippen molar-refractivity contribution in [1.82, 2.24) is 0 Å². The summed E-state index contributed by atoms with van der Waals surface area (Å²) in [5.41, 5.74) is 12.4. The maximum absolute atomic E-state index is 6.28. The van der Waals surface area contributed by atoms with E-state index in [1.807, 2.05) is 23.5 Å². The molecule has 0 spiro atoms. The Kier molecular flexibility index (Phi) is 7.75. The van der Waals surface area contributed by atoms with Crippen LogP contribution in [0.3, 0.4) is 0 Å². The van der Waals surface area contributed by atoms with Gasteiger partial charge in [0.05, 0.1) is 5.69 Å². The molecule has 59 heavy (non-hydrogen) atoms. The summed E-state index contributed by atoms with van der Waals surface area (Å²) in [6.45, 7) is 0. The highest BCUT2D eigenvalue weighted by Gasteiger charge is 2.22. The van der Waals surface area contributed by atoms with Crippen LogP contribution in [0.5, 0.6) is 0 Å². The lowest BCUT2D eigenvalue weighted by Gasteiger charge is -2.27. The lowest BCUT2D eigenvalue weighted by atomic mass is 9.97. The van der Waals surface area contributed by atoms with E-state index < -0.39 is 0 Å². The molecule has 2 nitrogen and oxygen atoms in total. The average Bonchev–Trinajstić information content (AvgIpc) is 3.89. The normalized spacial score (nSPS) is 11.7. The van der Waals surface area contributed by atoms with Crippen molar-refractivity contribution in [1.29, 1.82) is 0 Å². The molecule has 0 fully saturated rings. The molecule has 0 aliphatic carbocycles. The van der Waals surface area contributed by atoms with E-state index in [4.69, 9.17) is 4.42 Å². The maximum atomic E-state index is 6.28. The van der Waals surface area contributed by atoms with Crippen molar-refractivity contribution in [2.75, 3.05) is 4.90 Å². The highest BCUT2D eigenvalue weighted by Crippen LogP contribution is 2.49. The maximum Gasteiger partial charge on any atom is 0.136 e. The molecule has 0 aliphatic heterocycles. The zero-order chi connectivity index (χ0) is 38.9. The highest BCUT2D eigenvalue weighted by molar-refractivity contribution is 7.26. The Hall–Kier alpha value is -7.46. The molecule has 0 bridgehead atoms. The minimum absolute atomic E-state index is 0.902. The van der Waals surface area contributed by atoms with Gasteiger partial charge in [-0.25, -0.2) is 0 Å². The number of nitrogens with zero attached hydrogens (tertiary/aromatic N) is 1. The summed E-state index contributed by atoms with van der Waals surface area (Å²) in [5, 5.41) is 9.78. The molecule has 12 aromatic rings. The lowest BCUT2D eigenvalue weighted by molar-refractivity contribution is 0.669. The molecule has 276 valence electrons. The van der Waals surface area contributed by atoms with Gasteiger partial charge in [-0.2, -0.15) is 0 Å². The monoisotopic (exact) mass is 769 g/mol. The molecular weight excluding hydrogens is 735 g/mol. The fraction of sp³-hybridized carbons (Fsp3) is 0. The third-order valence-corrected chi connectivity index (χ3v) is 13.1. The van der Waals surface area contributed by atoms with Crippen LogP contribution in [0.25, 0.3) is 97.0 Å². The van der Waals surface area contributed by atoms with Crippen LogP contribution < -0.4 is 4.90 Å². The van der Waals surface area contributed by atoms with Crippen molar-refractivity contribution in [2.45, 2.75) is 0 Å². The standard InChI is InChI=1S/C56H35NOS/c1-2-11-36(12-3-1)37-21-23-40(24-22-37)47-33-34-50(55-49-16-7-9-20-53(49)59-56(47)55)57(43-31-32-45-41(35-43)26-25-38-13-4-5-14-44(38)45)42-29-27-39(28-30-42)46-17-10-19-52-54(46)48-15-6-8-18-51(48)58-52/h1-35H. The SMILES string of the molecule is c1ccc(-c2ccc(-c3ccc(N(c4ccc(-c5cccc6oc7ccccc7c56)cc4)c4ccc5c(ccc6ccccc65)c4)c4c3sc3ccccc34)cc2)cc1. The molecule has 12 rings (SSSR count). The summed E-state index contributed by atoms with van der Waals surface area (Å²) < 4.78 is 8.84. The summed E-state index contributed by atoms with van der Waals surface area (Å²) >= 11 is 1.88. The minimum atomic E-state index is 0.902.